The molecule has 0 radical (unpaired) electrons. The van der Waals surface area contributed by atoms with Crippen molar-refractivity contribution in [3.63, 3.8) is 0 Å². The highest BCUT2D eigenvalue weighted by Gasteiger charge is 2.14. The molecule has 3 aromatic rings. The molecule has 1 aromatic heterocycles. The molecule has 0 unspecified atom stereocenters. The van der Waals surface area contributed by atoms with E-state index in [0.717, 1.165) is 15.8 Å². The summed E-state index contributed by atoms with van der Waals surface area (Å²) in [7, 11) is 2.90. The summed E-state index contributed by atoms with van der Waals surface area (Å²) in [5.74, 6) is -0.0763. The molecule has 6 nitrogen and oxygen atoms in total. The Bertz CT molecular complexity index is 948. The summed E-state index contributed by atoms with van der Waals surface area (Å²) in [6, 6.07) is 10.0. The van der Waals surface area contributed by atoms with E-state index in [1.165, 1.54) is 18.4 Å². The van der Waals surface area contributed by atoms with Gasteiger partial charge in [0.2, 0.25) is 0 Å². The molecule has 2 aromatic carbocycles. The third kappa shape index (κ3) is 3.32. The van der Waals surface area contributed by atoms with Crippen molar-refractivity contribution < 1.29 is 19.1 Å². The van der Waals surface area contributed by atoms with Crippen molar-refractivity contribution >= 4 is 38.6 Å². The first-order valence-corrected chi connectivity index (χ1v) is 8.29. The lowest BCUT2D eigenvalue weighted by atomic mass is 10.1. The smallest absolute Gasteiger partial charge is 0.337 e. The zero-order valence-electron chi connectivity index (χ0n) is 14.0. The largest absolute Gasteiger partial charge is 0.494 e. The van der Waals surface area contributed by atoms with Crippen LogP contribution in [0.1, 0.15) is 26.3 Å². The summed E-state index contributed by atoms with van der Waals surface area (Å²) in [4.78, 5) is 28.3. The minimum atomic E-state index is -0.444. The number of nitrogens with zero attached hydrogens (tertiary/aromatic N) is 1. The van der Waals surface area contributed by atoms with Gasteiger partial charge in [0.1, 0.15) is 11.3 Å². The highest BCUT2D eigenvalue weighted by Crippen LogP contribution is 2.34. The predicted molar refractivity (Wildman–Crippen MR) is 96.6 cm³/mol. The zero-order valence-corrected chi connectivity index (χ0v) is 14.8. The van der Waals surface area contributed by atoms with E-state index in [1.807, 2.05) is 19.1 Å². The zero-order chi connectivity index (χ0) is 18.0. The highest BCUT2D eigenvalue weighted by molar-refractivity contribution is 7.22. The lowest BCUT2D eigenvalue weighted by Crippen LogP contribution is -2.12. The van der Waals surface area contributed by atoms with E-state index in [-0.39, 0.29) is 5.91 Å². The van der Waals surface area contributed by atoms with Gasteiger partial charge in [-0.25, -0.2) is 9.78 Å². The van der Waals surface area contributed by atoms with E-state index in [2.05, 4.69) is 15.0 Å². The van der Waals surface area contributed by atoms with E-state index >= 15 is 0 Å². The summed E-state index contributed by atoms with van der Waals surface area (Å²) in [6.45, 7) is 1.98. The summed E-state index contributed by atoms with van der Waals surface area (Å²) in [5.41, 5.74) is 2.61. The van der Waals surface area contributed by atoms with Crippen LogP contribution >= 0.6 is 11.3 Å². The molecule has 0 aliphatic heterocycles. The second kappa shape index (κ2) is 6.90. The summed E-state index contributed by atoms with van der Waals surface area (Å²) < 4.78 is 10.9. The van der Waals surface area contributed by atoms with Crippen molar-refractivity contribution in [1.29, 1.82) is 0 Å². The number of aromatic nitrogens is 1. The molecule has 0 atom stereocenters. The first-order chi connectivity index (χ1) is 12.0. The standard InChI is InChI=1S/C18H16N2O4S/c1-10-4-9-13(23-2)14-15(10)25-18(19-14)20-16(21)11-5-7-12(8-6-11)17(22)24-3/h4-9H,1-3H3,(H,19,20,21). The van der Waals surface area contributed by atoms with Gasteiger partial charge < -0.3 is 9.47 Å². The third-order valence-corrected chi connectivity index (χ3v) is 4.82. The van der Waals surface area contributed by atoms with Gasteiger partial charge in [0, 0.05) is 5.56 Å². The maximum absolute atomic E-state index is 12.4. The molecular weight excluding hydrogens is 340 g/mol. The van der Waals surface area contributed by atoms with Gasteiger partial charge in [-0.05, 0) is 42.8 Å². The fourth-order valence-corrected chi connectivity index (χ4v) is 3.32. The Morgan fingerprint density at radius 2 is 1.72 bits per heavy atom. The van der Waals surface area contributed by atoms with Crippen LogP contribution in [0.3, 0.4) is 0 Å². The molecule has 0 aliphatic rings. The second-order valence-corrected chi connectivity index (χ2v) is 6.30. The number of carbonyl (C=O) groups is 2. The summed E-state index contributed by atoms with van der Waals surface area (Å²) >= 11 is 1.39. The fourth-order valence-electron chi connectivity index (χ4n) is 2.37. The van der Waals surface area contributed by atoms with Gasteiger partial charge in [-0.1, -0.05) is 17.4 Å². The Morgan fingerprint density at radius 3 is 2.36 bits per heavy atom. The van der Waals surface area contributed by atoms with Gasteiger partial charge in [0.15, 0.2) is 5.13 Å². The molecule has 7 heteroatoms. The number of benzene rings is 2. The number of methoxy groups -OCH3 is 2. The van der Waals surface area contributed by atoms with Crippen LogP contribution < -0.4 is 10.1 Å². The average molecular weight is 356 g/mol. The molecule has 0 spiro atoms. The molecule has 1 N–H and O–H groups in total. The molecule has 0 bridgehead atoms. The number of ether oxygens (including phenoxy) is 2. The van der Waals surface area contributed by atoms with E-state index in [1.54, 1.807) is 31.4 Å². The van der Waals surface area contributed by atoms with Gasteiger partial charge in [0.05, 0.1) is 24.5 Å². The maximum atomic E-state index is 12.4. The molecule has 0 saturated carbocycles. The molecule has 0 fully saturated rings. The van der Waals surface area contributed by atoms with Crippen LogP contribution in [0.2, 0.25) is 0 Å². The van der Waals surface area contributed by atoms with Crippen LogP contribution in [-0.4, -0.2) is 31.1 Å². The molecule has 25 heavy (non-hydrogen) atoms. The Kier molecular flexibility index (Phi) is 4.67. The molecule has 1 amide bonds. The molecule has 128 valence electrons. The molecule has 0 aliphatic carbocycles. The Balaban J connectivity index is 1.84. The van der Waals surface area contributed by atoms with Crippen LogP contribution in [0, 0.1) is 6.92 Å². The summed E-state index contributed by atoms with van der Waals surface area (Å²) in [5, 5.41) is 3.28. The van der Waals surface area contributed by atoms with Crippen LogP contribution in [0.15, 0.2) is 36.4 Å². The number of rotatable bonds is 4. The minimum Gasteiger partial charge on any atom is -0.494 e. The third-order valence-electron chi connectivity index (χ3n) is 3.71. The maximum Gasteiger partial charge on any atom is 0.337 e. The number of hydrogen-bond donors (Lipinski definition) is 1. The minimum absolute atomic E-state index is 0.299. The van der Waals surface area contributed by atoms with Crippen molar-refractivity contribution in [1.82, 2.24) is 4.98 Å². The van der Waals surface area contributed by atoms with Crippen molar-refractivity contribution in [3.05, 3.63) is 53.1 Å². The second-order valence-electron chi connectivity index (χ2n) is 5.30. The van der Waals surface area contributed by atoms with E-state index in [0.29, 0.717) is 22.0 Å². The Morgan fingerprint density at radius 1 is 1.04 bits per heavy atom. The lowest BCUT2D eigenvalue weighted by molar-refractivity contribution is 0.0600. The summed E-state index contributed by atoms with van der Waals surface area (Å²) in [6.07, 6.45) is 0. The van der Waals surface area contributed by atoms with E-state index in [9.17, 15) is 9.59 Å². The number of carbonyl (C=O) groups excluding carboxylic acids is 2. The van der Waals surface area contributed by atoms with Gasteiger partial charge in [0.25, 0.3) is 5.91 Å². The first kappa shape index (κ1) is 16.9. The fraction of sp³-hybridized carbons (Fsp3) is 0.167. The van der Waals surface area contributed by atoms with Crippen LogP contribution in [0.4, 0.5) is 5.13 Å². The number of thiazole rings is 1. The van der Waals surface area contributed by atoms with Crippen molar-refractivity contribution in [2.24, 2.45) is 0 Å². The van der Waals surface area contributed by atoms with Crippen molar-refractivity contribution in [2.45, 2.75) is 6.92 Å². The van der Waals surface area contributed by atoms with Crippen molar-refractivity contribution in [3.8, 4) is 5.75 Å². The molecular formula is C18H16N2O4S. The van der Waals surface area contributed by atoms with Crippen LogP contribution in [-0.2, 0) is 4.74 Å². The Labute approximate surface area is 148 Å². The normalized spacial score (nSPS) is 10.5. The van der Waals surface area contributed by atoms with Crippen LogP contribution in [0.25, 0.3) is 10.2 Å². The lowest BCUT2D eigenvalue weighted by Gasteiger charge is -2.03. The molecule has 3 rings (SSSR count). The molecule has 1 heterocycles. The van der Waals surface area contributed by atoms with E-state index in [4.69, 9.17) is 4.74 Å². The monoisotopic (exact) mass is 356 g/mol. The quantitative estimate of drug-likeness (QED) is 0.722. The number of hydrogen-bond acceptors (Lipinski definition) is 6. The predicted octanol–water partition coefficient (Wildman–Crippen LogP) is 3.65. The number of anilines is 1. The Hall–Kier alpha value is -2.93. The van der Waals surface area contributed by atoms with Crippen molar-refractivity contribution in [2.75, 3.05) is 19.5 Å². The van der Waals surface area contributed by atoms with E-state index < -0.39 is 5.97 Å². The van der Waals surface area contributed by atoms with Gasteiger partial charge in [-0.15, -0.1) is 0 Å². The number of aryl methyl sites for hydroxylation is 1. The number of amides is 1. The number of esters is 1. The topological polar surface area (TPSA) is 77.5 Å². The number of nitrogens with one attached hydrogen (secondary N) is 1. The first-order valence-electron chi connectivity index (χ1n) is 7.47. The SMILES string of the molecule is COC(=O)c1ccc(C(=O)Nc2nc3c(OC)ccc(C)c3s2)cc1. The average Bonchev–Trinajstić information content (AvgIpc) is 3.06. The van der Waals surface area contributed by atoms with Gasteiger partial charge in [-0.3, -0.25) is 10.1 Å². The number of fused-ring (bicyclic) bond motifs is 1. The molecule has 0 saturated heterocycles. The van der Waals surface area contributed by atoms with Gasteiger partial charge >= 0.3 is 5.97 Å². The van der Waals surface area contributed by atoms with Crippen LogP contribution in [0.5, 0.6) is 5.75 Å². The van der Waals surface area contributed by atoms with Gasteiger partial charge in [-0.2, -0.15) is 0 Å². The highest BCUT2D eigenvalue weighted by atomic mass is 32.1.